The van der Waals surface area contributed by atoms with Crippen LogP contribution in [0.15, 0.2) is 12.3 Å². The zero-order chi connectivity index (χ0) is 7.23. The van der Waals surface area contributed by atoms with Crippen LogP contribution in [0.4, 0.5) is 0 Å². The van der Waals surface area contributed by atoms with Crippen LogP contribution in [-0.2, 0) is 0 Å². The summed E-state index contributed by atoms with van der Waals surface area (Å²) in [4.78, 5) is 2.76. The van der Waals surface area contributed by atoms with Crippen LogP contribution in [-0.4, -0.2) is 11.6 Å². The molecule has 1 rings (SSSR count). The number of H-pyrrole nitrogens is 1. The summed E-state index contributed by atoms with van der Waals surface area (Å²) < 4.78 is 5.13. The average Bonchev–Trinajstić information content (AvgIpc) is 2.41. The first-order valence-electron chi connectivity index (χ1n) is 3.01. The quantitative estimate of drug-likeness (QED) is 0.604. The summed E-state index contributed by atoms with van der Waals surface area (Å²) in [6.45, 7) is 2.22. The molecule has 0 bridgehead atoms. The molecule has 10 heavy (non-hydrogen) atoms. The van der Waals surface area contributed by atoms with E-state index in [1.54, 1.807) is 19.2 Å². The number of nitrogens with one attached hydrogen (secondary N) is 1. The highest BCUT2D eigenvalue weighted by Crippen LogP contribution is 2.04. The summed E-state index contributed by atoms with van der Waals surface area (Å²) in [6, 6.07) is 1.80. The summed E-state index contributed by atoms with van der Waals surface area (Å²) in [6.07, 6.45) is 4.54. The second kappa shape index (κ2) is 3.62. The molecule has 1 radical (unpaired) electrons. The minimum absolute atomic E-state index is 0.435. The maximum Gasteiger partial charge on any atom is 0.149 e. The molecular formula is C8H8NO. The van der Waals surface area contributed by atoms with Crippen molar-refractivity contribution >= 4 is 0 Å². The highest BCUT2D eigenvalue weighted by atomic mass is 16.5. The lowest BCUT2D eigenvalue weighted by atomic mass is 10.6. The van der Waals surface area contributed by atoms with Crippen LogP contribution in [0.2, 0.25) is 0 Å². The second-order valence-electron chi connectivity index (χ2n) is 1.68. The van der Waals surface area contributed by atoms with E-state index in [9.17, 15) is 0 Å². The van der Waals surface area contributed by atoms with E-state index in [1.807, 2.05) is 0 Å². The number of ether oxygens (including phenoxy) is 1. The van der Waals surface area contributed by atoms with Crippen molar-refractivity contribution in [3.63, 3.8) is 0 Å². The largest absolute Gasteiger partial charge is 0.479 e. The van der Waals surface area contributed by atoms with Gasteiger partial charge in [-0.15, -0.1) is 5.92 Å². The van der Waals surface area contributed by atoms with Crippen LogP contribution in [0.3, 0.4) is 0 Å². The molecule has 0 unspecified atom stereocenters. The van der Waals surface area contributed by atoms with Crippen molar-refractivity contribution in [2.24, 2.45) is 0 Å². The van der Waals surface area contributed by atoms with Gasteiger partial charge in [-0.3, -0.25) is 0 Å². The molecule has 2 nitrogen and oxygen atoms in total. The van der Waals surface area contributed by atoms with Gasteiger partial charge in [0.2, 0.25) is 0 Å². The first-order valence-corrected chi connectivity index (χ1v) is 3.01. The molecule has 0 spiro atoms. The summed E-state index contributed by atoms with van der Waals surface area (Å²) in [5, 5.41) is 0. The lowest BCUT2D eigenvalue weighted by molar-refractivity contribution is 0.370. The van der Waals surface area contributed by atoms with Crippen molar-refractivity contribution in [1.82, 2.24) is 4.98 Å². The Morgan fingerprint density at radius 2 is 2.70 bits per heavy atom. The molecule has 51 valence electrons. The molecule has 2 heteroatoms. The van der Waals surface area contributed by atoms with Crippen LogP contribution in [0.25, 0.3) is 0 Å². The van der Waals surface area contributed by atoms with Crippen LogP contribution >= 0.6 is 0 Å². The lowest BCUT2D eigenvalue weighted by Gasteiger charge is -1.93. The highest BCUT2D eigenvalue weighted by molar-refractivity contribution is 5.15. The lowest BCUT2D eigenvalue weighted by Crippen LogP contribution is -1.91. The van der Waals surface area contributed by atoms with Crippen molar-refractivity contribution < 1.29 is 4.74 Å². The molecule has 1 N–H and O–H groups in total. The van der Waals surface area contributed by atoms with Crippen molar-refractivity contribution in [3.05, 3.63) is 18.5 Å². The van der Waals surface area contributed by atoms with Gasteiger partial charge in [-0.25, -0.2) is 0 Å². The normalized spacial score (nSPS) is 8.10. The Morgan fingerprint density at radius 1 is 1.80 bits per heavy atom. The van der Waals surface area contributed by atoms with Gasteiger partial charge >= 0.3 is 0 Å². The van der Waals surface area contributed by atoms with E-state index < -0.39 is 0 Å². The second-order valence-corrected chi connectivity index (χ2v) is 1.68. The molecule has 0 atom stereocenters. The number of rotatable bonds is 2. The SMILES string of the molecule is CC#CCOc1[c][nH]cc1. The fraction of sp³-hybridized carbons (Fsp3) is 0.250. The van der Waals surface area contributed by atoms with Crippen LogP contribution in [0.5, 0.6) is 5.75 Å². The Morgan fingerprint density at radius 3 is 3.30 bits per heavy atom. The van der Waals surface area contributed by atoms with Gasteiger partial charge in [-0.2, -0.15) is 0 Å². The summed E-state index contributed by atoms with van der Waals surface area (Å²) >= 11 is 0. The minimum atomic E-state index is 0.435. The first kappa shape index (κ1) is 6.76. The number of aromatic amines is 1. The Labute approximate surface area is 60.2 Å². The van der Waals surface area contributed by atoms with Crippen LogP contribution < -0.4 is 4.74 Å². The molecule has 1 heterocycles. The van der Waals surface area contributed by atoms with Gasteiger partial charge < -0.3 is 9.72 Å². The van der Waals surface area contributed by atoms with Gasteiger partial charge in [0.1, 0.15) is 18.6 Å². The number of aromatic nitrogens is 1. The summed E-state index contributed by atoms with van der Waals surface area (Å²) in [5.74, 6) is 6.22. The third-order valence-electron chi connectivity index (χ3n) is 0.990. The molecule has 0 aliphatic carbocycles. The standard InChI is InChI=1S/C8H8NO/c1-2-3-6-10-8-4-5-9-7-8/h4-5,9H,6H2,1H3. The van der Waals surface area contributed by atoms with E-state index >= 15 is 0 Å². The monoisotopic (exact) mass is 134 g/mol. The summed E-state index contributed by atoms with van der Waals surface area (Å²) in [5.41, 5.74) is 0. The smallest absolute Gasteiger partial charge is 0.149 e. The molecule has 0 aliphatic heterocycles. The molecule has 0 saturated heterocycles. The molecule has 0 aliphatic rings. The molecule has 1 aromatic heterocycles. The zero-order valence-electron chi connectivity index (χ0n) is 5.77. The Bertz CT molecular complexity index is 228. The first-order chi connectivity index (χ1) is 4.93. The topological polar surface area (TPSA) is 25.0 Å². The predicted octanol–water partition coefficient (Wildman–Crippen LogP) is 1.22. The van der Waals surface area contributed by atoms with Crippen molar-refractivity contribution in [3.8, 4) is 17.6 Å². The Balaban J connectivity index is 2.32. The van der Waals surface area contributed by atoms with E-state index in [-0.39, 0.29) is 0 Å². The summed E-state index contributed by atoms with van der Waals surface area (Å²) in [7, 11) is 0. The molecule has 0 aromatic carbocycles. The number of hydrogen-bond donors (Lipinski definition) is 1. The molecule has 0 amide bonds. The Hall–Kier alpha value is -1.36. The van der Waals surface area contributed by atoms with Gasteiger partial charge in [0.15, 0.2) is 0 Å². The fourth-order valence-corrected chi connectivity index (χ4v) is 0.542. The van der Waals surface area contributed by atoms with Gasteiger partial charge in [0, 0.05) is 6.20 Å². The van der Waals surface area contributed by atoms with Gasteiger partial charge in [0.25, 0.3) is 0 Å². The number of hydrogen-bond acceptors (Lipinski definition) is 1. The van der Waals surface area contributed by atoms with Crippen LogP contribution in [0.1, 0.15) is 6.92 Å². The predicted molar refractivity (Wildman–Crippen MR) is 38.6 cm³/mol. The maximum atomic E-state index is 5.13. The van der Waals surface area contributed by atoms with E-state index in [0.29, 0.717) is 12.4 Å². The Kier molecular flexibility index (Phi) is 2.45. The van der Waals surface area contributed by atoms with E-state index in [2.05, 4.69) is 23.0 Å². The average molecular weight is 134 g/mol. The third kappa shape index (κ3) is 1.87. The minimum Gasteiger partial charge on any atom is -0.479 e. The van der Waals surface area contributed by atoms with Crippen molar-refractivity contribution in [1.29, 1.82) is 0 Å². The van der Waals surface area contributed by atoms with Crippen molar-refractivity contribution in [2.45, 2.75) is 6.92 Å². The third-order valence-corrected chi connectivity index (χ3v) is 0.990. The fourth-order valence-electron chi connectivity index (χ4n) is 0.542. The maximum absolute atomic E-state index is 5.13. The van der Waals surface area contributed by atoms with E-state index in [1.165, 1.54) is 0 Å². The molecular weight excluding hydrogens is 126 g/mol. The molecule has 0 fully saturated rings. The van der Waals surface area contributed by atoms with Crippen molar-refractivity contribution in [2.75, 3.05) is 6.61 Å². The highest BCUT2D eigenvalue weighted by Gasteiger charge is 1.88. The van der Waals surface area contributed by atoms with E-state index in [4.69, 9.17) is 4.74 Å². The van der Waals surface area contributed by atoms with Gasteiger partial charge in [-0.1, -0.05) is 5.92 Å². The van der Waals surface area contributed by atoms with Crippen LogP contribution in [0, 0.1) is 18.0 Å². The van der Waals surface area contributed by atoms with Gasteiger partial charge in [0.05, 0.1) is 0 Å². The van der Waals surface area contributed by atoms with E-state index in [0.717, 1.165) is 0 Å². The van der Waals surface area contributed by atoms with Gasteiger partial charge in [-0.05, 0) is 13.0 Å². The molecule has 1 aromatic rings. The molecule has 0 saturated carbocycles. The zero-order valence-corrected chi connectivity index (χ0v) is 5.77.